The van der Waals surface area contributed by atoms with Gasteiger partial charge in [0.15, 0.2) is 6.29 Å². The first-order chi connectivity index (χ1) is 22.4. The largest absolute Gasteiger partial charge is 0.397 e. The van der Waals surface area contributed by atoms with Gasteiger partial charge in [-0.15, -0.1) is 0 Å². The molecule has 47 heavy (non-hydrogen) atoms. The molecule has 13 nitrogen and oxygen atoms in total. The van der Waals surface area contributed by atoms with Crippen LogP contribution in [0.1, 0.15) is 129 Å². The second-order valence-corrected chi connectivity index (χ2v) is 13.7. The van der Waals surface area contributed by atoms with Gasteiger partial charge in [-0.3, -0.25) is 9.35 Å². The molecule has 0 spiro atoms. The van der Waals surface area contributed by atoms with Gasteiger partial charge in [-0.25, -0.2) is 4.18 Å². The fourth-order valence-electron chi connectivity index (χ4n) is 5.52. The summed E-state index contributed by atoms with van der Waals surface area (Å²) in [6, 6.07) is -1.11. The Bertz CT molecular complexity index is 937. The fourth-order valence-corrected chi connectivity index (χ4v) is 6.02. The van der Waals surface area contributed by atoms with E-state index in [0.29, 0.717) is 12.8 Å². The standard InChI is InChI=1S/C33H63NO12S/c1-3-5-7-9-11-13-15-17-19-21-26(36)25(34-32(40)27(37)22-20-18-16-14-12-10-8-6-4-2)24-44-33-30(39)31(46-47(41,42)43)29(38)28(23-35)45-33/h19,21,25-31,33,35-39H,3-18,20,22-24H2,1-2H3,(H,34,40)(H,41,42,43)/b21-19+. The molecule has 0 saturated carbocycles. The minimum atomic E-state index is -5.10. The molecule has 8 atom stereocenters. The Kier molecular flexibility index (Phi) is 24.0. The number of hydrogen-bond donors (Lipinski definition) is 7. The van der Waals surface area contributed by atoms with Crippen molar-refractivity contribution in [2.24, 2.45) is 0 Å². The number of carbonyl (C=O) groups is 1. The Morgan fingerprint density at radius 3 is 1.91 bits per heavy atom. The van der Waals surface area contributed by atoms with E-state index >= 15 is 0 Å². The first-order valence-electron chi connectivity index (χ1n) is 17.7. The van der Waals surface area contributed by atoms with Crippen LogP contribution >= 0.6 is 0 Å². The lowest BCUT2D eigenvalue weighted by molar-refractivity contribution is -0.298. The lowest BCUT2D eigenvalue weighted by Gasteiger charge is -2.41. The van der Waals surface area contributed by atoms with E-state index in [-0.39, 0.29) is 6.42 Å². The van der Waals surface area contributed by atoms with Crippen LogP contribution in [0.5, 0.6) is 0 Å². The maximum Gasteiger partial charge on any atom is 0.397 e. The van der Waals surface area contributed by atoms with Crippen LogP contribution in [0, 0.1) is 0 Å². The van der Waals surface area contributed by atoms with Gasteiger partial charge in [0.1, 0.15) is 30.5 Å². The van der Waals surface area contributed by atoms with Crippen LogP contribution in [0.15, 0.2) is 12.2 Å². The number of amides is 1. The van der Waals surface area contributed by atoms with Crippen LogP contribution in [-0.2, 0) is 28.9 Å². The highest BCUT2D eigenvalue weighted by Gasteiger charge is 2.48. The molecule has 1 saturated heterocycles. The number of rotatable bonds is 28. The van der Waals surface area contributed by atoms with Gasteiger partial charge in [0.25, 0.3) is 0 Å². The molecule has 1 heterocycles. The number of aliphatic hydroxyl groups is 5. The normalized spacial score (nSPS) is 24.0. The Morgan fingerprint density at radius 2 is 1.38 bits per heavy atom. The van der Waals surface area contributed by atoms with E-state index in [1.165, 1.54) is 63.9 Å². The molecule has 14 heteroatoms. The third-order valence-electron chi connectivity index (χ3n) is 8.43. The molecule has 0 aromatic heterocycles. The highest BCUT2D eigenvalue weighted by atomic mass is 32.3. The molecule has 0 aromatic rings. The molecule has 7 N–H and O–H groups in total. The lowest BCUT2D eigenvalue weighted by atomic mass is 9.99. The number of nitrogens with one attached hydrogen (secondary N) is 1. The number of allylic oxidation sites excluding steroid dienone is 1. The van der Waals surface area contributed by atoms with Crippen molar-refractivity contribution in [1.82, 2.24) is 5.32 Å². The number of unbranched alkanes of at least 4 members (excludes halogenated alkanes) is 15. The Morgan fingerprint density at radius 1 is 0.851 bits per heavy atom. The van der Waals surface area contributed by atoms with E-state index in [2.05, 4.69) is 23.3 Å². The van der Waals surface area contributed by atoms with Crippen LogP contribution in [0.4, 0.5) is 0 Å². The number of hydrogen-bond acceptors (Lipinski definition) is 11. The van der Waals surface area contributed by atoms with E-state index in [4.69, 9.17) is 14.0 Å². The first-order valence-corrected chi connectivity index (χ1v) is 19.0. The number of carbonyl (C=O) groups excluding carboxylic acids is 1. The average molecular weight is 698 g/mol. The highest BCUT2D eigenvalue weighted by Crippen LogP contribution is 2.26. The van der Waals surface area contributed by atoms with E-state index in [1.54, 1.807) is 6.08 Å². The van der Waals surface area contributed by atoms with Crippen LogP contribution in [0.3, 0.4) is 0 Å². The molecule has 1 aliphatic heterocycles. The van der Waals surface area contributed by atoms with Crippen molar-refractivity contribution in [3.05, 3.63) is 12.2 Å². The van der Waals surface area contributed by atoms with E-state index in [1.807, 2.05) is 0 Å². The van der Waals surface area contributed by atoms with Gasteiger partial charge in [0, 0.05) is 0 Å². The van der Waals surface area contributed by atoms with Crippen molar-refractivity contribution < 1.29 is 57.0 Å². The third-order valence-corrected chi connectivity index (χ3v) is 8.89. The van der Waals surface area contributed by atoms with Crippen molar-refractivity contribution >= 4 is 16.3 Å². The molecule has 0 radical (unpaired) electrons. The Balaban J connectivity index is 2.78. The van der Waals surface area contributed by atoms with Gasteiger partial charge in [-0.1, -0.05) is 122 Å². The van der Waals surface area contributed by atoms with E-state index < -0.39 is 78.5 Å². The summed E-state index contributed by atoms with van der Waals surface area (Å²) in [6.07, 6.45) is 10.6. The molecular weight excluding hydrogens is 634 g/mol. The maximum absolute atomic E-state index is 12.9. The summed E-state index contributed by atoms with van der Waals surface area (Å²) in [4.78, 5) is 12.9. The minimum Gasteiger partial charge on any atom is -0.394 e. The monoisotopic (exact) mass is 697 g/mol. The van der Waals surface area contributed by atoms with Gasteiger partial charge in [0.05, 0.1) is 25.4 Å². The van der Waals surface area contributed by atoms with Crippen LogP contribution in [-0.4, -0.2) is 107 Å². The molecule has 1 fully saturated rings. The quantitative estimate of drug-likeness (QED) is 0.0356. The van der Waals surface area contributed by atoms with Crippen molar-refractivity contribution in [1.29, 1.82) is 0 Å². The van der Waals surface area contributed by atoms with Crippen LogP contribution < -0.4 is 5.32 Å². The van der Waals surface area contributed by atoms with Gasteiger partial charge >= 0.3 is 10.4 Å². The number of ether oxygens (including phenoxy) is 2. The van der Waals surface area contributed by atoms with Crippen molar-refractivity contribution in [3.63, 3.8) is 0 Å². The minimum absolute atomic E-state index is 0.245. The predicted molar refractivity (Wildman–Crippen MR) is 178 cm³/mol. The fraction of sp³-hybridized carbons (Fsp3) is 0.909. The van der Waals surface area contributed by atoms with Crippen molar-refractivity contribution in [2.75, 3.05) is 13.2 Å². The molecule has 0 bridgehead atoms. The SMILES string of the molecule is CCCCCCCCC/C=C/C(O)C(COC1OC(CO)C(O)C(OS(=O)(=O)O)C1O)NC(=O)C(O)CCCCCCCCCCC. The first kappa shape index (κ1) is 43.8. The van der Waals surface area contributed by atoms with Gasteiger partial charge in [-0.05, 0) is 19.3 Å². The maximum atomic E-state index is 12.9. The molecule has 0 aliphatic carbocycles. The van der Waals surface area contributed by atoms with Crippen LogP contribution in [0.2, 0.25) is 0 Å². The molecule has 1 aliphatic rings. The summed E-state index contributed by atoms with van der Waals surface area (Å²) in [5.41, 5.74) is 0. The van der Waals surface area contributed by atoms with Crippen molar-refractivity contribution in [3.8, 4) is 0 Å². The smallest absolute Gasteiger partial charge is 0.394 e. The zero-order valence-electron chi connectivity index (χ0n) is 28.5. The summed E-state index contributed by atoms with van der Waals surface area (Å²) in [5.74, 6) is -0.709. The molecule has 1 amide bonds. The second-order valence-electron chi connectivity index (χ2n) is 12.6. The molecule has 1 rings (SSSR count). The second kappa shape index (κ2) is 25.7. The molecule has 8 unspecified atom stereocenters. The molecular formula is C33H63NO12S. The van der Waals surface area contributed by atoms with Gasteiger partial charge < -0.3 is 40.3 Å². The average Bonchev–Trinajstić information content (AvgIpc) is 3.03. The zero-order valence-corrected chi connectivity index (χ0v) is 29.3. The molecule has 278 valence electrons. The summed E-state index contributed by atoms with van der Waals surface area (Å²) in [7, 11) is -5.10. The Hall–Kier alpha value is -1.20. The van der Waals surface area contributed by atoms with Crippen LogP contribution in [0.25, 0.3) is 0 Å². The van der Waals surface area contributed by atoms with E-state index in [9.17, 15) is 38.7 Å². The van der Waals surface area contributed by atoms with E-state index in [0.717, 1.165) is 38.5 Å². The van der Waals surface area contributed by atoms with Crippen molar-refractivity contribution in [2.45, 2.75) is 178 Å². The lowest BCUT2D eigenvalue weighted by Crippen LogP contribution is -2.61. The predicted octanol–water partition coefficient (Wildman–Crippen LogP) is 3.45. The Labute approximate surface area is 282 Å². The molecule has 0 aromatic carbocycles. The topological polar surface area (TPSA) is 212 Å². The van der Waals surface area contributed by atoms with Gasteiger partial charge in [-0.2, -0.15) is 8.42 Å². The number of aliphatic hydroxyl groups excluding tert-OH is 5. The summed E-state index contributed by atoms with van der Waals surface area (Å²) in [5, 5.41) is 54.5. The summed E-state index contributed by atoms with van der Waals surface area (Å²) < 4.78 is 47.0. The summed E-state index contributed by atoms with van der Waals surface area (Å²) in [6.45, 7) is 3.09. The third kappa shape index (κ3) is 19.5. The highest BCUT2D eigenvalue weighted by molar-refractivity contribution is 7.80. The zero-order chi connectivity index (χ0) is 35.1. The summed E-state index contributed by atoms with van der Waals surface area (Å²) >= 11 is 0. The van der Waals surface area contributed by atoms with Gasteiger partial charge in [0.2, 0.25) is 5.91 Å².